The second-order valence-corrected chi connectivity index (χ2v) is 8.30. The number of piperazine rings is 1. The van der Waals surface area contributed by atoms with Gasteiger partial charge in [-0.15, -0.1) is 11.3 Å². The fraction of sp³-hybridized carbons (Fsp3) is 0.300. The van der Waals surface area contributed by atoms with Crippen molar-refractivity contribution in [3.05, 3.63) is 33.9 Å². The fourth-order valence-corrected chi connectivity index (χ4v) is 4.87. The fourth-order valence-electron chi connectivity index (χ4n) is 3.89. The molecule has 1 aliphatic heterocycles. The van der Waals surface area contributed by atoms with Crippen LogP contribution in [0.15, 0.2) is 28.4 Å². The monoisotopic (exact) mass is 409 g/mol. The minimum atomic E-state index is -0.247. The van der Waals surface area contributed by atoms with Gasteiger partial charge in [0.1, 0.15) is 11.4 Å². The van der Waals surface area contributed by atoms with Gasteiger partial charge in [-0.3, -0.25) is 4.79 Å². The Hall–Kier alpha value is -3.04. The normalized spacial score (nSPS) is 15.4. The van der Waals surface area contributed by atoms with Crippen LogP contribution in [0.4, 0.5) is 17.1 Å². The number of thiophene rings is 1. The van der Waals surface area contributed by atoms with Crippen molar-refractivity contribution in [1.82, 2.24) is 19.9 Å². The number of nitrogen functional groups attached to an aromatic ring is 1. The molecular formula is C20H23N7OS. The number of nitrogens with zero attached hydrogens (tertiary/aromatic N) is 3. The number of hydrogen-bond acceptors (Lipinski definition) is 7. The zero-order chi connectivity index (χ0) is 20.1. The summed E-state index contributed by atoms with van der Waals surface area (Å²) in [5, 5.41) is 5.02. The average Bonchev–Trinajstić information content (AvgIpc) is 3.31. The predicted molar refractivity (Wildman–Crippen MR) is 121 cm³/mol. The quantitative estimate of drug-likeness (QED) is 0.414. The lowest BCUT2D eigenvalue weighted by Crippen LogP contribution is -2.44. The van der Waals surface area contributed by atoms with Gasteiger partial charge in [-0.2, -0.15) is 0 Å². The molecule has 9 heteroatoms. The molecule has 150 valence electrons. The van der Waals surface area contributed by atoms with Crippen LogP contribution in [-0.4, -0.2) is 60.1 Å². The number of imidazole rings is 1. The summed E-state index contributed by atoms with van der Waals surface area (Å²) < 4.78 is 0.850. The van der Waals surface area contributed by atoms with E-state index in [-0.39, 0.29) is 5.56 Å². The highest BCUT2D eigenvalue weighted by Gasteiger charge is 2.19. The maximum Gasteiger partial charge on any atom is 0.261 e. The Morgan fingerprint density at radius 2 is 2.00 bits per heavy atom. The van der Waals surface area contributed by atoms with Gasteiger partial charge in [0.05, 0.1) is 32.6 Å². The van der Waals surface area contributed by atoms with Gasteiger partial charge in [-0.05, 0) is 25.2 Å². The topological polar surface area (TPSA) is 106 Å². The highest BCUT2D eigenvalue weighted by Crippen LogP contribution is 2.36. The van der Waals surface area contributed by atoms with Crippen LogP contribution in [0, 0.1) is 0 Å². The van der Waals surface area contributed by atoms with Crippen molar-refractivity contribution in [1.29, 1.82) is 0 Å². The third-order valence-electron chi connectivity index (χ3n) is 5.61. The number of aromatic amines is 2. The molecule has 5 N–H and O–H groups in total. The average molecular weight is 410 g/mol. The van der Waals surface area contributed by atoms with Gasteiger partial charge < -0.3 is 30.8 Å². The van der Waals surface area contributed by atoms with Crippen molar-refractivity contribution in [3.8, 4) is 11.4 Å². The molecule has 0 radical (unpaired) electrons. The molecule has 0 amide bonds. The van der Waals surface area contributed by atoms with E-state index in [2.05, 4.69) is 49.2 Å². The highest BCUT2D eigenvalue weighted by molar-refractivity contribution is 7.18. The third kappa shape index (κ3) is 2.93. The number of rotatable bonds is 3. The first-order valence-corrected chi connectivity index (χ1v) is 10.5. The van der Waals surface area contributed by atoms with Crippen LogP contribution in [0.5, 0.6) is 0 Å². The lowest BCUT2D eigenvalue weighted by molar-refractivity contribution is 0.313. The van der Waals surface area contributed by atoms with Crippen molar-refractivity contribution in [2.75, 3.05) is 56.2 Å². The first-order chi connectivity index (χ1) is 14.0. The number of nitrogens with one attached hydrogen (secondary N) is 3. The molecule has 29 heavy (non-hydrogen) atoms. The molecule has 0 saturated carbocycles. The van der Waals surface area contributed by atoms with E-state index in [0.717, 1.165) is 58.8 Å². The molecule has 1 aromatic carbocycles. The van der Waals surface area contributed by atoms with Gasteiger partial charge in [0, 0.05) is 44.3 Å². The molecule has 1 saturated heterocycles. The number of H-pyrrole nitrogens is 2. The maximum atomic E-state index is 12.8. The minimum Gasteiger partial charge on any atom is -0.397 e. The number of benzene rings is 1. The van der Waals surface area contributed by atoms with Gasteiger partial charge in [0.2, 0.25) is 0 Å². The minimum absolute atomic E-state index is 0.247. The largest absolute Gasteiger partial charge is 0.397 e. The summed E-state index contributed by atoms with van der Waals surface area (Å²) >= 11 is 1.50. The molecule has 4 aromatic rings. The summed E-state index contributed by atoms with van der Waals surface area (Å²) in [5.74, 6) is 0.496. The molecule has 4 heterocycles. The number of nitrogens with two attached hydrogens (primary N) is 1. The second-order valence-electron chi connectivity index (χ2n) is 7.42. The first kappa shape index (κ1) is 18.0. The summed E-state index contributed by atoms with van der Waals surface area (Å²) in [6.07, 6.45) is 0. The molecular weight excluding hydrogens is 386 g/mol. The van der Waals surface area contributed by atoms with Gasteiger partial charge in [0.15, 0.2) is 0 Å². The van der Waals surface area contributed by atoms with Crippen molar-refractivity contribution in [2.45, 2.75) is 0 Å². The van der Waals surface area contributed by atoms with E-state index in [4.69, 9.17) is 5.73 Å². The van der Waals surface area contributed by atoms with Crippen LogP contribution in [-0.2, 0) is 0 Å². The number of pyridine rings is 1. The Morgan fingerprint density at radius 1 is 1.21 bits per heavy atom. The van der Waals surface area contributed by atoms with E-state index >= 15 is 0 Å². The zero-order valence-corrected chi connectivity index (χ0v) is 17.2. The van der Waals surface area contributed by atoms with Gasteiger partial charge >= 0.3 is 0 Å². The van der Waals surface area contributed by atoms with E-state index in [9.17, 15) is 4.79 Å². The molecule has 0 bridgehead atoms. The second kappa shape index (κ2) is 6.78. The molecule has 0 unspecified atom stereocenters. The molecule has 0 aliphatic carbocycles. The molecule has 5 rings (SSSR count). The molecule has 1 aliphatic rings. The van der Waals surface area contributed by atoms with Crippen LogP contribution in [0.2, 0.25) is 0 Å². The summed E-state index contributed by atoms with van der Waals surface area (Å²) in [7, 11) is 3.97. The number of aromatic nitrogens is 3. The Bertz CT molecular complexity index is 1260. The van der Waals surface area contributed by atoms with Crippen LogP contribution in [0.25, 0.3) is 32.6 Å². The molecule has 3 aromatic heterocycles. The summed E-state index contributed by atoms with van der Waals surface area (Å²) in [6.45, 7) is 4.10. The number of hydrogen-bond donors (Lipinski definition) is 4. The number of likely N-dealkylation sites (N-methyl/N-ethyl adjacent to an activating group) is 1. The van der Waals surface area contributed by atoms with Gasteiger partial charge in [-0.25, -0.2) is 4.98 Å². The molecule has 1 fully saturated rings. The molecule has 0 spiro atoms. The standard InChI is InChI=1S/C20H23N7OS/c1-22-14-10-29-18-16(21)15(20(28)25-17(14)18)19-23-12-4-3-11(9-13(12)24-19)27-7-5-26(2)6-8-27/h3-4,9-10,22H,5-8H2,1-2H3,(H,23,24)(H3,21,25,28). The van der Waals surface area contributed by atoms with E-state index in [1.807, 2.05) is 18.5 Å². The van der Waals surface area contributed by atoms with Crippen LogP contribution >= 0.6 is 11.3 Å². The molecule has 8 nitrogen and oxygen atoms in total. The Morgan fingerprint density at radius 3 is 2.76 bits per heavy atom. The van der Waals surface area contributed by atoms with E-state index < -0.39 is 0 Å². The lowest BCUT2D eigenvalue weighted by atomic mass is 10.2. The van der Waals surface area contributed by atoms with Gasteiger partial charge in [0.25, 0.3) is 5.56 Å². The Kier molecular flexibility index (Phi) is 4.21. The SMILES string of the molecule is CNc1csc2c(N)c(-c3nc4ccc(N5CCN(C)CC5)cc4[nH]3)c(=O)[nH]c12. The predicted octanol–water partition coefficient (Wildman–Crippen LogP) is 2.51. The smallest absolute Gasteiger partial charge is 0.261 e. The number of fused-ring (bicyclic) bond motifs is 2. The van der Waals surface area contributed by atoms with Crippen LogP contribution in [0.3, 0.4) is 0 Å². The summed E-state index contributed by atoms with van der Waals surface area (Å²) in [4.78, 5) is 28.4. The van der Waals surface area contributed by atoms with E-state index in [1.165, 1.54) is 11.3 Å². The maximum absolute atomic E-state index is 12.8. The Labute approximate surface area is 171 Å². The Balaban J connectivity index is 1.58. The first-order valence-electron chi connectivity index (χ1n) is 9.59. The van der Waals surface area contributed by atoms with Crippen LogP contribution < -0.4 is 21.5 Å². The van der Waals surface area contributed by atoms with Crippen molar-refractivity contribution < 1.29 is 0 Å². The van der Waals surface area contributed by atoms with Crippen LogP contribution in [0.1, 0.15) is 0 Å². The lowest BCUT2D eigenvalue weighted by Gasteiger charge is -2.34. The third-order valence-corrected chi connectivity index (χ3v) is 6.62. The number of anilines is 3. The summed E-state index contributed by atoms with van der Waals surface area (Å²) in [6, 6.07) is 6.19. The highest BCUT2D eigenvalue weighted by atomic mass is 32.1. The van der Waals surface area contributed by atoms with Gasteiger partial charge in [-0.1, -0.05) is 0 Å². The van der Waals surface area contributed by atoms with E-state index in [1.54, 1.807) is 0 Å². The summed E-state index contributed by atoms with van der Waals surface area (Å²) in [5.41, 5.74) is 11.5. The van der Waals surface area contributed by atoms with Crippen molar-refractivity contribution >= 4 is 49.6 Å². The van der Waals surface area contributed by atoms with Crippen molar-refractivity contribution in [2.24, 2.45) is 0 Å². The van der Waals surface area contributed by atoms with Crippen molar-refractivity contribution in [3.63, 3.8) is 0 Å². The van der Waals surface area contributed by atoms with E-state index in [0.29, 0.717) is 17.1 Å². The molecule has 0 atom stereocenters. The zero-order valence-electron chi connectivity index (χ0n) is 16.4.